The number of nitrogens with one attached hydrogen (secondary N) is 1. The molecule has 2 aromatic heterocycles. The maximum atomic E-state index is 5.40. The second kappa shape index (κ2) is 4.48. The van der Waals surface area contributed by atoms with Crippen molar-refractivity contribution in [2.75, 3.05) is 14.1 Å². The highest BCUT2D eigenvalue weighted by atomic mass is 32.1. The topological polar surface area (TPSA) is 36.9 Å². The molecule has 0 aromatic carbocycles. The van der Waals surface area contributed by atoms with Crippen LogP contribution in [0.15, 0.2) is 12.3 Å². The summed E-state index contributed by atoms with van der Waals surface area (Å²) < 4.78 is 2.81. The third kappa shape index (κ3) is 2.33. The molecule has 0 saturated carbocycles. The van der Waals surface area contributed by atoms with Gasteiger partial charge in [0.25, 0.3) is 0 Å². The van der Waals surface area contributed by atoms with Gasteiger partial charge in [0.05, 0.1) is 5.52 Å². The first-order chi connectivity index (χ1) is 8.31. The Kier molecular flexibility index (Phi) is 3.29. The minimum atomic E-state index is 0.0277. The quantitative estimate of drug-likeness (QED) is 0.866. The maximum absolute atomic E-state index is 5.40. The summed E-state index contributed by atoms with van der Waals surface area (Å²) in [6.07, 6.45) is 1.88. The molecular formula is C13H20N4S. The Labute approximate surface area is 113 Å². The summed E-state index contributed by atoms with van der Waals surface area (Å²) >= 11 is 5.40. The summed E-state index contributed by atoms with van der Waals surface area (Å²) in [5, 5.41) is 0. The largest absolute Gasteiger partial charge is 0.329 e. The number of aromatic nitrogens is 3. The standard InChI is InChI=1S/C13H20N4S/c1-9-6-10-11(14-7-9)17(12(18)15-10)8-13(2,3)16(4)5/h6-7H,8H2,1-5H3,(H,15,18). The number of H-pyrrole nitrogens is 1. The number of hydrogen-bond acceptors (Lipinski definition) is 3. The number of nitrogens with zero attached hydrogens (tertiary/aromatic N) is 3. The first-order valence-electron chi connectivity index (χ1n) is 6.04. The zero-order valence-electron chi connectivity index (χ0n) is 11.6. The van der Waals surface area contributed by atoms with Crippen LogP contribution >= 0.6 is 12.2 Å². The first-order valence-corrected chi connectivity index (χ1v) is 6.45. The van der Waals surface area contributed by atoms with Crippen LogP contribution in [0, 0.1) is 11.7 Å². The van der Waals surface area contributed by atoms with E-state index in [0.717, 1.165) is 28.0 Å². The van der Waals surface area contributed by atoms with Gasteiger partial charge in [0.2, 0.25) is 0 Å². The van der Waals surface area contributed by atoms with E-state index in [1.165, 1.54) is 0 Å². The summed E-state index contributed by atoms with van der Waals surface area (Å²) in [4.78, 5) is 9.91. The molecule has 2 rings (SSSR count). The molecule has 0 amide bonds. The zero-order chi connectivity index (χ0) is 13.5. The molecular weight excluding hydrogens is 244 g/mol. The Balaban J connectivity index is 2.52. The molecule has 2 aromatic rings. The highest BCUT2D eigenvalue weighted by molar-refractivity contribution is 7.71. The van der Waals surface area contributed by atoms with Gasteiger partial charge in [-0.05, 0) is 58.7 Å². The molecule has 0 saturated heterocycles. The monoisotopic (exact) mass is 264 g/mol. The molecule has 18 heavy (non-hydrogen) atoms. The Morgan fingerprint density at radius 2 is 2.11 bits per heavy atom. The van der Waals surface area contributed by atoms with Crippen molar-refractivity contribution >= 4 is 23.4 Å². The van der Waals surface area contributed by atoms with E-state index >= 15 is 0 Å². The molecule has 4 nitrogen and oxygen atoms in total. The Morgan fingerprint density at radius 3 is 2.72 bits per heavy atom. The number of hydrogen-bond donors (Lipinski definition) is 1. The van der Waals surface area contributed by atoms with Crippen molar-refractivity contribution in [3.63, 3.8) is 0 Å². The fourth-order valence-electron chi connectivity index (χ4n) is 1.82. The van der Waals surface area contributed by atoms with E-state index < -0.39 is 0 Å². The Hall–Kier alpha value is -1.20. The lowest BCUT2D eigenvalue weighted by molar-refractivity contribution is 0.170. The Bertz CT molecular complexity index is 621. The van der Waals surface area contributed by atoms with E-state index in [0.29, 0.717) is 0 Å². The lowest BCUT2D eigenvalue weighted by Crippen LogP contribution is -2.42. The van der Waals surface area contributed by atoms with Crippen LogP contribution in [-0.4, -0.2) is 39.1 Å². The van der Waals surface area contributed by atoms with E-state index in [-0.39, 0.29) is 5.54 Å². The second-order valence-corrected chi connectivity index (χ2v) is 5.99. The van der Waals surface area contributed by atoms with E-state index in [1.54, 1.807) is 0 Å². The van der Waals surface area contributed by atoms with Crippen LogP contribution in [0.5, 0.6) is 0 Å². The minimum absolute atomic E-state index is 0.0277. The highest BCUT2D eigenvalue weighted by Gasteiger charge is 2.22. The van der Waals surface area contributed by atoms with Crippen LogP contribution in [0.1, 0.15) is 19.4 Å². The summed E-state index contributed by atoms with van der Waals surface area (Å²) in [7, 11) is 4.16. The number of pyridine rings is 1. The van der Waals surface area contributed by atoms with E-state index in [4.69, 9.17) is 12.2 Å². The molecule has 0 radical (unpaired) electrons. The summed E-state index contributed by atoms with van der Waals surface area (Å²) in [6.45, 7) is 7.24. The average Bonchev–Trinajstić information content (AvgIpc) is 2.54. The molecule has 5 heteroatoms. The van der Waals surface area contributed by atoms with Crippen LogP contribution in [0.2, 0.25) is 0 Å². The highest BCUT2D eigenvalue weighted by Crippen LogP contribution is 2.19. The third-order valence-electron chi connectivity index (χ3n) is 3.50. The van der Waals surface area contributed by atoms with Crippen LogP contribution in [0.3, 0.4) is 0 Å². The molecule has 1 N–H and O–H groups in total. The lowest BCUT2D eigenvalue weighted by Gasteiger charge is -2.32. The second-order valence-electron chi connectivity index (χ2n) is 5.61. The molecule has 0 atom stereocenters. The predicted molar refractivity (Wildman–Crippen MR) is 77.4 cm³/mol. The maximum Gasteiger partial charge on any atom is 0.179 e. The van der Waals surface area contributed by atoms with Crippen molar-refractivity contribution in [1.82, 2.24) is 19.4 Å². The smallest absolute Gasteiger partial charge is 0.179 e. The lowest BCUT2D eigenvalue weighted by atomic mass is 10.0. The Morgan fingerprint density at radius 1 is 1.44 bits per heavy atom. The van der Waals surface area contributed by atoms with Gasteiger partial charge < -0.3 is 9.88 Å². The fraction of sp³-hybridized carbons (Fsp3) is 0.538. The molecule has 0 aliphatic rings. The van der Waals surface area contributed by atoms with Crippen molar-refractivity contribution in [3.05, 3.63) is 22.6 Å². The SMILES string of the molecule is Cc1cnc2c(c1)[nH]c(=S)n2CC(C)(C)N(C)C. The van der Waals surface area contributed by atoms with Crippen molar-refractivity contribution in [1.29, 1.82) is 0 Å². The van der Waals surface area contributed by atoms with Crippen molar-refractivity contribution < 1.29 is 0 Å². The molecule has 0 spiro atoms. The van der Waals surface area contributed by atoms with Crippen LogP contribution in [-0.2, 0) is 6.54 Å². The van der Waals surface area contributed by atoms with Gasteiger partial charge in [-0.15, -0.1) is 0 Å². The number of rotatable bonds is 3. The van der Waals surface area contributed by atoms with Gasteiger partial charge in [0.1, 0.15) is 0 Å². The summed E-state index contributed by atoms with van der Waals surface area (Å²) in [5.74, 6) is 0. The minimum Gasteiger partial charge on any atom is -0.329 e. The van der Waals surface area contributed by atoms with Gasteiger partial charge in [0.15, 0.2) is 10.4 Å². The van der Waals surface area contributed by atoms with E-state index in [1.807, 2.05) is 13.1 Å². The number of aromatic amines is 1. The molecule has 0 aliphatic carbocycles. The molecule has 0 fully saturated rings. The molecule has 98 valence electrons. The van der Waals surface area contributed by atoms with E-state index in [9.17, 15) is 0 Å². The molecule has 0 bridgehead atoms. The van der Waals surface area contributed by atoms with Gasteiger partial charge in [-0.3, -0.25) is 4.57 Å². The van der Waals surface area contributed by atoms with E-state index in [2.05, 4.69) is 53.4 Å². The fourth-order valence-corrected chi connectivity index (χ4v) is 2.08. The number of imidazole rings is 1. The van der Waals surface area contributed by atoms with Gasteiger partial charge in [-0.2, -0.15) is 0 Å². The van der Waals surface area contributed by atoms with Gasteiger partial charge in [-0.25, -0.2) is 4.98 Å². The predicted octanol–water partition coefficient (Wildman–Crippen LogP) is 2.74. The number of aryl methyl sites for hydroxylation is 1. The number of likely N-dealkylation sites (N-methyl/N-ethyl adjacent to an activating group) is 1. The van der Waals surface area contributed by atoms with Gasteiger partial charge >= 0.3 is 0 Å². The van der Waals surface area contributed by atoms with Gasteiger partial charge in [0, 0.05) is 18.3 Å². The molecule has 0 unspecified atom stereocenters. The van der Waals surface area contributed by atoms with Crippen LogP contribution in [0.25, 0.3) is 11.2 Å². The van der Waals surface area contributed by atoms with Crippen molar-refractivity contribution in [3.8, 4) is 0 Å². The van der Waals surface area contributed by atoms with Gasteiger partial charge in [-0.1, -0.05) is 0 Å². The number of fused-ring (bicyclic) bond motifs is 1. The molecule has 0 aliphatic heterocycles. The molecule has 2 heterocycles. The van der Waals surface area contributed by atoms with Crippen molar-refractivity contribution in [2.24, 2.45) is 0 Å². The van der Waals surface area contributed by atoms with Crippen molar-refractivity contribution in [2.45, 2.75) is 32.9 Å². The summed E-state index contributed by atoms with van der Waals surface area (Å²) in [6, 6.07) is 2.08. The van der Waals surface area contributed by atoms with Crippen LogP contribution in [0.4, 0.5) is 0 Å². The first kappa shape index (κ1) is 13.2. The third-order valence-corrected chi connectivity index (χ3v) is 3.82. The van der Waals surface area contributed by atoms with Crippen LogP contribution < -0.4 is 0 Å². The normalized spacial score (nSPS) is 12.6. The zero-order valence-corrected chi connectivity index (χ0v) is 12.4. The average molecular weight is 264 g/mol. The summed E-state index contributed by atoms with van der Waals surface area (Å²) in [5.41, 5.74) is 3.10.